The molecule has 1 fully saturated rings. The number of piperidine rings is 1. The van der Waals surface area contributed by atoms with Gasteiger partial charge in [0.1, 0.15) is 0 Å². The number of hydrogen-bond acceptors (Lipinski definition) is 4. The summed E-state index contributed by atoms with van der Waals surface area (Å²) in [4.78, 5) is 14.2. The molecule has 0 spiro atoms. The molecule has 1 aromatic carbocycles. The van der Waals surface area contributed by atoms with Gasteiger partial charge < -0.3 is 14.8 Å². The standard InChI is InChI=1S/C14H16N2O3/c17-14(16-5-3-13(15-18)4-6-16)10-1-2-11-8-19-9-12(11)7-10/h1-2,7,18H,3-6,8-9H2. The summed E-state index contributed by atoms with van der Waals surface area (Å²) in [5.74, 6) is 0.0479. The zero-order chi connectivity index (χ0) is 13.2. The van der Waals surface area contributed by atoms with E-state index in [4.69, 9.17) is 9.94 Å². The lowest BCUT2D eigenvalue weighted by Crippen LogP contribution is -2.38. The molecule has 2 aliphatic rings. The second kappa shape index (κ2) is 5.01. The molecule has 19 heavy (non-hydrogen) atoms. The summed E-state index contributed by atoms with van der Waals surface area (Å²) in [5, 5.41) is 11.9. The number of amides is 1. The first-order valence-corrected chi connectivity index (χ1v) is 6.46. The molecule has 100 valence electrons. The van der Waals surface area contributed by atoms with Crippen molar-refractivity contribution >= 4 is 11.6 Å². The molecule has 0 saturated carbocycles. The molecule has 0 bridgehead atoms. The lowest BCUT2D eigenvalue weighted by Gasteiger charge is -2.27. The van der Waals surface area contributed by atoms with Gasteiger partial charge in [0.05, 0.1) is 18.9 Å². The van der Waals surface area contributed by atoms with E-state index in [-0.39, 0.29) is 5.91 Å². The van der Waals surface area contributed by atoms with E-state index >= 15 is 0 Å². The molecule has 3 rings (SSSR count). The lowest BCUT2D eigenvalue weighted by atomic mass is 10.0. The van der Waals surface area contributed by atoms with E-state index in [9.17, 15) is 4.79 Å². The van der Waals surface area contributed by atoms with Gasteiger partial charge in [0, 0.05) is 31.5 Å². The summed E-state index contributed by atoms with van der Waals surface area (Å²) in [6.45, 7) is 2.47. The number of likely N-dealkylation sites (tertiary alicyclic amines) is 1. The molecule has 0 aromatic heterocycles. The number of benzene rings is 1. The fraction of sp³-hybridized carbons (Fsp3) is 0.429. The average molecular weight is 260 g/mol. The van der Waals surface area contributed by atoms with Crippen LogP contribution in [0.4, 0.5) is 0 Å². The average Bonchev–Trinajstić information content (AvgIpc) is 2.94. The topological polar surface area (TPSA) is 62.1 Å². The summed E-state index contributed by atoms with van der Waals surface area (Å²) >= 11 is 0. The van der Waals surface area contributed by atoms with Gasteiger partial charge in [-0.25, -0.2) is 0 Å². The van der Waals surface area contributed by atoms with Gasteiger partial charge in [-0.1, -0.05) is 11.2 Å². The van der Waals surface area contributed by atoms with Crippen molar-refractivity contribution in [2.24, 2.45) is 5.16 Å². The smallest absolute Gasteiger partial charge is 0.253 e. The highest BCUT2D eigenvalue weighted by Crippen LogP contribution is 2.22. The van der Waals surface area contributed by atoms with Gasteiger partial charge in [-0.05, 0) is 23.3 Å². The SMILES string of the molecule is O=C(c1ccc2c(c1)COC2)N1CCC(=NO)CC1. The molecule has 0 atom stereocenters. The van der Waals surface area contributed by atoms with Crippen molar-refractivity contribution in [2.75, 3.05) is 13.1 Å². The number of carbonyl (C=O) groups is 1. The number of hydrogen-bond donors (Lipinski definition) is 1. The number of nitrogens with zero attached hydrogens (tertiary/aromatic N) is 2. The third kappa shape index (κ3) is 2.33. The van der Waals surface area contributed by atoms with Crippen molar-refractivity contribution < 1.29 is 14.7 Å². The molecule has 5 nitrogen and oxygen atoms in total. The number of oxime groups is 1. The molecule has 1 amide bonds. The maximum Gasteiger partial charge on any atom is 0.253 e. The Kier molecular flexibility index (Phi) is 3.21. The maximum absolute atomic E-state index is 12.4. The summed E-state index contributed by atoms with van der Waals surface area (Å²) in [6.07, 6.45) is 1.30. The van der Waals surface area contributed by atoms with Crippen LogP contribution in [0.3, 0.4) is 0 Å². The van der Waals surface area contributed by atoms with Crippen molar-refractivity contribution in [2.45, 2.75) is 26.1 Å². The highest BCUT2D eigenvalue weighted by molar-refractivity contribution is 5.96. The summed E-state index contributed by atoms with van der Waals surface area (Å²) in [5.41, 5.74) is 3.77. The first kappa shape index (κ1) is 12.2. The maximum atomic E-state index is 12.4. The number of carbonyl (C=O) groups excluding carboxylic acids is 1. The van der Waals surface area contributed by atoms with Crippen LogP contribution in [-0.2, 0) is 18.0 Å². The van der Waals surface area contributed by atoms with Gasteiger partial charge >= 0.3 is 0 Å². The predicted molar refractivity (Wildman–Crippen MR) is 69.3 cm³/mol. The minimum Gasteiger partial charge on any atom is -0.411 e. The van der Waals surface area contributed by atoms with E-state index in [0.717, 1.165) is 11.3 Å². The second-order valence-corrected chi connectivity index (χ2v) is 4.93. The van der Waals surface area contributed by atoms with Crippen LogP contribution in [-0.4, -0.2) is 34.8 Å². The summed E-state index contributed by atoms with van der Waals surface area (Å²) in [7, 11) is 0. The normalized spacial score (nSPS) is 18.3. The van der Waals surface area contributed by atoms with Crippen LogP contribution in [0.1, 0.15) is 34.3 Å². The molecule has 1 saturated heterocycles. The minimum atomic E-state index is 0.0479. The van der Waals surface area contributed by atoms with Crippen LogP contribution in [0, 0.1) is 0 Å². The molecular weight excluding hydrogens is 244 g/mol. The number of ether oxygens (including phenoxy) is 1. The molecular formula is C14H16N2O3. The van der Waals surface area contributed by atoms with Gasteiger partial charge in [0.2, 0.25) is 0 Å². The summed E-state index contributed by atoms with van der Waals surface area (Å²) in [6, 6.07) is 5.77. The number of rotatable bonds is 1. The molecule has 2 aliphatic heterocycles. The van der Waals surface area contributed by atoms with E-state index < -0.39 is 0 Å². The lowest BCUT2D eigenvalue weighted by molar-refractivity contribution is 0.0753. The van der Waals surface area contributed by atoms with Crippen LogP contribution in [0.15, 0.2) is 23.4 Å². The third-order valence-electron chi connectivity index (χ3n) is 3.74. The zero-order valence-corrected chi connectivity index (χ0v) is 10.6. The van der Waals surface area contributed by atoms with Crippen LogP contribution >= 0.6 is 0 Å². The Bertz CT molecular complexity index is 529. The largest absolute Gasteiger partial charge is 0.411 e. The van der Waals surface area contributed by atoms with E-state index in [1.807, 2.05) is 23.1 Å². The fourth-order valence-electron chi connectivity index (χ4n) is 2.56. The Morgan fingerprint density at radius 3 is 2.68 bits per heavy atom. The highest BCUT2D eigenvalue weighted by Gasteiger charge is 2.22. The first-order valence-electron chi connectivity index (χ1n) is 6.46. The number of fused-ring (bicyclic) bond motifs is 1. The zero-order valence-electron chi connectivity index (χ0n) is 10.6. The highest BCUT2D eigenvalue weighted by atomic mass is 16.5. The Balaban J connectivity index is 1.74. The molecule has 0 radical (unpaired) electrons. The van der Waals surface area contributed by atoms with Crippen LogP contribution < -0.4 is 0 Å². The van der Waals surface area contributed by atoms with E-state index in [2.05, 4.69) is 5.16 Å². The molecule has 1 N–H and O–H groups in total. The Hall–Kier alpha value is -1.88. The molecule has 2 heterocycles. The van der Waals surface area contributed by atoms with Crippen LogP contribution in [0.25, 0.3) is 0 Å². The summed E-state index contributed by atoms with van der Waals surface area (Å²) < 4.78 is 5.36. The van der Waals surface area contributed by atoms with Crippen molar-refractivity contribution in [1.29, 1.82) is 0 Å². The molecule has 0 unspecified atom stereocenters. The van der Waals surface area contributed by atoms with Crippen molar-refractivity contribution in [1.82, 2.24) is 4.90 Å². The predicted octanol–water partition coefficient (Wildman–Crippen LogP) is 1.78. The Morgan fingerprint density at radius 1 is 1.21 bits per heavy atom. The van der Waals surface area contributed by atoms with Gasteiger partial charge in [0.15, 0.2) is 0 Å². The molecule has 5 heteroatoms. The van der Waals surface area contributed by atoms with Gasteiger partial charge in [-0.3, -0.25) is 4.79 Å². The van der Waals surface area contributed by atoms with Gasteiger partial charge in [-0.15, -0.1) is 0 Å². The third-order valence-corrected chi connectivity index (χ3v) is 3.74. The molecule has 1 aromatic rings. The monoisotopic (exact) mass is 260 g/mol. The van der Waals surface area contributed by atoms with E-state index in [0.29, 0.717) is 44.7 Å². The molecule has 0 aliphatic carbocycles. The van der Waals surface area contributed by atoms with Crippen molar-refractivity contribution in [3.05, 3.63) is 34.9 Å². The van der Waals surface area contributed by atoms with Crippen LogP contribution in [0.2, 0.25) is 0 Å². The van der Waals surface area contributed by atoms with E-state index in [1.54, 1.807) is 0 Å². The van der Waals surface area contributed by atoms with Gasteiger partial charge in [-0.2, -0.15) is 0 Å². The van der Waals surface area contributed by atoms with Crippen molar-refractivity contribution in [3.63, 3.8) is 0 Å². The van der Waals surface area contributed by atoms with E-state index in [1.165, 1.54) is 5.56 Å². The second-order valence-electron chi connectivity index (χ2n) is 4.93. The first-order chi connectivity index (χ1) is 9.28. The van der Waals surface area contributed by atoms with Gasteiger partial charge in [0.25, 0.3) is 5.91 Å². The van der Waals surface area contributed by atoms with Crippen molar-refractivity contribution in [3.8, 4) is 0 Å². The quantitative estimate of drug-likeness (QED) is 0.618. The van der Waals surface area contributed by atoms with Crippen LogP contribution in [0.5, 0.6) is 0 Å². The minimum absolute atomic E-state index is 0.0479. The Labute approximate surface area is 111 Å². The Morgan fingerprint density at radius 2 is 1.95 bits per heavy atom. The fourth-order valence-corrected chi connectivity index (χ4v) is 2.56.